The Morgan fingerprint density at radius 2 is 1.89 bits per heavy atom. The molecule has 0 bridgehead atoms. The van der Waals surface area contributed by atoms with Crippen molar-refractivity contribution in [3.63, 3.8) is 0 Å². The largest absolute Gasteiger partial charge is 0.493 e. The maximum absolute atomic E-state index is 12.6. The van der Waals surface area contributed by atoms with Gasteiger partial charge in [0.1, 0.15) is 0 Å². The second kappa shape index (κ2) is 12.6. The van der Waals surface area contributed by atoms with E-state index in [1.807, 2.05) is 48.2 Å². The SMILES string of the molecule is COc1ccc(-c2noc(CN3CCC(C(=O)NCCCSc4ccccc4)CC3)n2)cc1OC. The van der Waals surface area contributed by atoms with Crippen molar-refractivity contribution in [1.82, 2.24) is 20.4 Å². The van der Waals surface area contributed by atoms with Crippen molar-refractivity contribution < 1.29 is 18.8 Å². The summed E-state index contributed by atoms with van der Waals surface area (Å²) >= 11 is 1.82. The van der Waals surface area contributed by atoms with E-state index in [2.05, 4.69) is 32.5 Å². The van der Waals surface area contributed by atoms with E-state index < -0.39 is 0 Å². The van der Waals surface area contributed by atoms with Gasteiger partial charge in [-0.15, -0.1) is 11.8 Å². The number of benzene rings is 2. The molecule has 186 valence electrons. The van der Waals surface area contributed by atoms with Gasteiger partial charge in [-0.05, 0) is 68.4 Å². The van der Waals surface area contributed by atoms with E-state index in [-0.39, 0.29) is 11.8 Å². The van der Waals surface area contributed by atoms with Crippen LogP contribution in [0, 0.1) is 5.92 Å². The molecule has 1 saturated heterocycles. The van der Waals surface area contributed by atoms with Crippen LogP contribution in [0.4, 0.5) is 0 Å². The van der Waals surface area contributed by atoms with Crippen LogP contribution in [0.3, 0.4) is 0 Å². The van der Waals surface area contributed by atoms with Crippen molar-refractivity contribution in [2.45, 2.75) is 30.7 Å². The van der Waals surface area contributed by atoms with Crippen molar-refractivity contribution in [2.24, 2.45) is 5.92 Å². The number of thioether (sulfide) groups is 1. The van der Waals surface area contributed by atoms with E-state index in [1.165, 1.54) is 4.90 Å². The molecule has 1 aromatic heterocycles. The molecule has 2 aromatic carbocycles. The van der Waals surface area contributed by atoms with Crippen LogP contribution in [0.5, 0.6) is 11.5 Å². The highest BCUT2D eigenvalue weighted by atomic mass is 32.2. The molecule has 1 N–H and O–H groups in total. The van der Waals surface area contributed by atoms with Gasteiger partial charge in [-0.3, -0.25) is 9.69 Å². The number of piperidine rings is 1. The third kappa shape index (κ3) is 6.99. The minimum Gasteiger partial charge on any atom is -0.493 e. The maximum atomic E-state index is 12.6. The predicted molar refractivity (Wildman–Crippen MR) is 136 cm³/mol. The number of likely N-dealkylation sites (tertiary alicyclic amines) is 1. The lowest BCUT2D eigenvalue weighted by molar-refractivity contribution is -0.126. The van der Waals surface area contributed by atoms with Crippen molar-refractivity contribution >= 4 is 17.7 Å². The summed E-state index contributed by atoms with van der Waals surface area (Å²) in [5.74, 6) is 3.58. The molecule has 1 fully saturated rings. The molecule has 4 rings (SSSR count). The summed E-state index contributed by atoms with van der Waals surface area (Å²) in [7, 11) is 3.20. The van der Waals surface area contributed by atoms with E-state index in [9.17, 15) is 4.79 Å². The average molecular weight is 497 g/mol. The van der Waals surface area contributed by atoms with Gasteiger partial charge >= 0.3 is 0 Å². The van der Waals surface area contributed by atoms with Crippen LogP contribution >= 0.6 is 11.8 Å². The first-order chi connectivity index (χ1) is 17.2. The summed E-state index contributed by atoms with van der Waals surface area (Å²) in [6.45, 7) is 2.96. The molecular formula is C26H32N4O4S. The molecule has 1 amide bonds. The molecule has 1 aliphatic rings. The molecule has 0 unspecified atom stereocenters. The second-order valence-corrected chi connectivity index (χ2v) is 9.61. The lowest BCUT2D eigenvalue weighted by Crippen LogP contribution is -2.40. The summed E-state index contributed by atoms with van der Waals surface area (Å²) in [5, 5.41) is 7.23. The summed E-state index contributed by atoms with van der Waals surface area (Å²) in [5.41, 5.74) is 0.801. The Kier molecular flexibility index (Phi) is 9.02. The molecule has 1 aliphatic heterocycles. The number of hydrogen-bond acceptors (Lipinski definition) is 8. The highest BCUT2D eigenvalue weighted by Gasteiger charge is 2.26. The van der Waals surface area contributed by atoms with Crippen LogP contribution in [0.1, 0.15) is 25.2 Å². The molecule has 3 aromatic rings. The van der Waals surface area contributed by atoms with Gasteiger partial charge in [0, 0.05) is 22.9 Å². The smallest absolute Gasteiger partial charge is 0.241 e. The summed E-state index contributed by atoms with van der Waals surface area (Å²) in [6.07, 6.45) is 2.63. The Morgan fingerprint density at radius 1 is 1.11 bits per heavy atom. The molecule has 0 spiro atoms. The number of rotatable bonds is 11. The number of amides is 1. The molecule has 0 aliphatic carbocycles. The molecule has 0 radical (unpaired) electrons. The molecule has 0 atom stereocenters. The first-order valence-electron chi connectivity index (χ1n) is 11.9. The number of nitrogens with zero attached hydrogens (tertiary/aromatic N) is 3. The zero-order chi connectivity index (χ0) is 24.5. The molecule has 9 heteroatoms. The van der Waals surface area contributed by atoms with Gasteiger partial charge in [0.25, 0.3) is 0 Å². The Bertz CT molecular complexity index is 1080. The fourth-order valence-corrected chi connectivity index (χ4v) is 4.97. The van der Waals surface area contributed by atoms with E-state index in [4.69, 9.17) is 14.0 Å². The van der Waals surface area contributed by atoms with Crippen LogP contribution in [-0.4, -0.2) is 60.6 Å². The average Bonchev–Trinajstić information content (AvgIpc) is 3.37. The monoisotopic (exact) mass is 496 g/mol. The fourth-order valence-electron chi connectivity index (χ4n) is 4.09. The predicted octanol–water partition coefficient (Wildman–Crippen LogP) is 4.26. The first-order valence-corrected chi connectivity index (χ1v) is 12.9. The van der Waals surface area contributed by atoms with E-state index in [1.54, 1.807) is 14.2 Å². The molecular weight excluding hydrogens is 464 g/mol. The van der Waals surface area contributed by atoms with Gasteiger partial charge in [0.2, 0.25) is 17.6 Å². The van der Waals surface area contributed by atoms with Gasteiger partial charge in [-0.25, -0.2) is 0 Å². The second-order valence-electron chi connectivity index (χ2n) is 8.44. The summed E-state index contributed by atoms with van der Waals surface area (Å²) in [6, 6.07) is 15.9. The number of aromatic nitrogens is 2. The van der Waals surface area contributed by atoms with Crippen LogP contribution in [0.2, 0.25) is 0 Å². The lowest BCUT2D eigenvalue weighted by atomic mass is 9.96. The quantitative estimate of drug-likeness (QED) is 0.311. The number of carbonyl (C=O) groups excluding carboxylic acids is 1. The Morgan fingerprint density at radius 3 is 2.63 bits per heavy atom. The molecule has 2 heterocycles. The van der Waals surface area contributed by atoms with E-state index in [0.717, 1.165) is 50.2 Å². The highest BCUT2D eigenvalue weighted by Crippen LogP contribution is 2.31. The molecule has 0 saturated carbocycles. The van der Waals surface area contributed by atoms with Crippen LogP contribution in [0.25, 0.3) is 11.4 Å². The third-order valence-electron chi connectivity index (χ3n) is 6.06. The molecule has 8 nitrogen and oxygen atoms in total. The minimum atomic E-state index is 0.0676. The van der Waals surface area contributed by atoms with Crippen molar-refractivity contribution in [2.75, 3.05) is 39.6 Å². The summed E-state index contributed by atoms with van der Waals surface area (Å²) < 4.78 is 16.1. The van der Waals surface area contributed by atoms with Crippen molar-refractivity contribution in [1.29, 1.82) is 0 Å². The van der Waals surface area contributed by atoms with Crippen LogP contribution in [-0.2, 0) is 11.3 Å². The third-order valence-corrected chi connectivity index (χ3v) is 7.16. The standard InChI is InChI=1S/C26H32N4O4S/c1-32-22-10-9-20(17-23(22)33-2)25-28-24(34-29-25)18-30-14-11-19(12-15-30)26(31)27-13-6-16-35-21-7-4-3-5-8-21/h3-5,7-10,17,19H,6,11-16,18H2,1-2H3,(H,27,31). The maximum Gasteiger partial charge on any atom is 0.241 e. The zero-order valence-corrected chi connectivity index (χ0v) is 21.1. The van der Waals surface area contributed by atoms with E-state index in [0.29, 0.717) is 29.8 Å². The minimum absolute atomic E-state index is 0.0676. The number of carbonyl (C=O) groups is 1. The first kappa shape index (κ1) is 25.1. The Labute approximate surface area is 210 Å². The van der Waals surface area contributed by atoms with E-state index >= 15 is 0 Å². The van der Waals surface area contributed by atoms with Gasteiger partial charge in [-0.2, -0.15) is 4.98 Å². The van der Waals surface area contributed by atoms with Crippen molar-refractivity contribution in [3.8, 4) is 22.9 Å². The zero-order valence-electron chi connectivity index (χ0n) is 20.2. The molecule has 35 heavy (non-hydrogen) atoms. The van der Waals surface area contributed by atoms with Crippen LogP contribution in [0.15, 0.2) is 57.9 Å². The fraction of sp³-hybridized carbons (Fsp3) is 0.423. The van der Waals surface area contributed by atoms with Gasteiger partial charge in [0.15, 0.2) is 11.5 Å². The number of hydrogen-bond donors (Lipinski definition) is 1. The van der Waals surface area contributed by atoms with Gasteiger partial charge in [-0.1, -0.05) is 23.4 Å². The number of methoxy groups -OCH3 is 2. The highest BCUT2D eigenvalue weighted by molar-refractivity contribution is 7.99. The summed E-state index contributed by atoms with van der Waals surface area (Å²) in [4.78, 5) is 20.6. The van der Waals surface area contributed by atoms with Gasteiger partial charge in [0.05, 0.1) is 20.8 Å². The van der Waals surface area contributed by atoms with Crippen molar-refractivity contribution in [3.05, 3.63) is 54.4 Å². The number of nitrogens with one attached hydrogen (secondary N) is 1. The van der Waals surface area contributed by atoms with Crippen LogP contribution < -0.4 is 14.8 Å². The Balaban J connectivity index is 1.18. The van der Waals surface area contributed by atoms with Gasteiger partial charge < -0.3 is 19.3 Å². The normalized spacial score (nSPS) is 14.6. The lowest BCUT2D eigenvalue weighted by Gasteiger charge is -2.30. The topological polar surface area (TPSA) is 89.7 Å². The Hall–Kier alpha value is -3.04. The number of ether oxygens (including phenoxy) is 2.